The Morgan fingerprint density at radius 1 is 0.889 bits per heavy atom. The van der Waals surface area contributed by atoms with E-state index < -0.39 is 36.9 Å². The van der Waals surface area contributed by atoms with Gasteiger partial charge in [0, 0.05) is 0 Å². The summed E-state index contributed by atoms with van der Waals surface area (Å²) in [5, 5.41) is 2.25. The van der Waals surface area contributed by atoms with Gasteiger partial charge in [0.2, 0.25) is 5.91 Å². The van der Waals surface area contributed by atoms with Gasteiger partial charge in [-0.25, -0.2) is 0 Å². The molecule has 0 unspecified atom stereocenters. The molecule has 0 radical (unpaired) electrons. The molecule has 146 valence electrons. The molecule has 0 aliphatic heterocycles. The third kappa shape index (κ3) is 5.80. The number of hydrogen-bond acceptors (Lipinski definition) is 7. The number of amides is 1. The zero-order chi connectivity index (χ0) is 20.2. The van der Waals surface area contributed by atoms with E-state index in [0.717, 1.165) is 18.2 Å². The monoisotopic (exact) mass is 435 g/mol. The summed E-state index contributed by atoms with van der Waals surface area (Å²) in [6.07, 6.45) is 0. The van der Waals surface area contributed by atoms with Crippen molar-refractivity contribution < 1.29 is 30.7 Å². The Morgan fingerprint density at radius 3 is 1.96 bits per heavy atom. The Bertz CT molecular complexity index is 1050. The standard InChI is InChI=1S/C14H14ClN3O7S2/c15-8-14(19)16-12-6-3-10(7-13(12)27(23,24)25)18-17-9-1-4-11(5-2-9)26(20,21)22/h1-7,17-18H,8H2,(H,16,19)(H,20,21,22)(H,23,24,25). The molecule has 2 aromatic carbocycles. The first-order chi connectivity index (χ1) is 12.5. The number of anilines is 3. The third-order valence-corrected chi connectivity index (χ3v) is 5.16. The quantitative estimate of drug-likeness (QED) is 0.248. The van der Waals surface area contributed by atoms with Crippen molar-refractivity contribution >= 4 is 54.8 Å². The fourth-order valence-electron chi connectivity index (χ4n) is 1.95. The fourth-order valence-corrected chi connectivity index (χ4v) is 3.17. The number of carbonyl (C=O) groups is 1. The van der Waals surface area contributed by atoms with Crippen molar-refractivity contribution in [3.63, 3.8) is 0 Å². The normalized spacial score (nSPS) is 11.7. The van der Waals surface area contributed by atoms with Crippen LogP contribution in [-0.4, -0.2) is 37.7 Å². The highest BCUT2D eigenvalue weighted by molar-refractivity contribution is 7.86. The molecule has 10 nitrogen and oxygen atoms in total. The molecule has 5 N–H and O–H groups in total. The van der Waals surface area contributed by atoms with Gasteiger partial charge < -0.3 is 16.2 Å². The van der Waals surface area contributed by atoms with Crippen LogP contribution in [0.5, 0.6) is 0 Å². The maximum atomic E-state index is 11.5. The molecule has 0 atom stereocenters. The molecule has 0 aliphatic carbocycles. The zero-order valence-electron chi connectivity index (χ0n) is 13.4. The van der Waals surface area contributed by atoms with Gasteiger partial charge in [0.1, 0.15) is 10.8 Å². The van der Waals surface area contributed by atoms with Gasteiger partial charge in [-0.15, -0.1) is 11.6 Å². The lowest BCUT2D eigenvalue weighted by molar-refractivity contribution is -0.113. The largest absolute Gasteiger partial charge is 0.324 e. The molecule has 0 bridgehead atoms. The van der Waals surface area contributed by atoms with Crippen LogP contribution in [0.25, 0.3) is 0 Å². The van der Waals surface area contributed by atoms with Crippen LogP contribution in [0.1, 0.15) is 0 Å². The lowest BCUT2D eigenvalue weighted by Crippen LogP contribution is -2.16. The molecule has 0 saturated heterocycles. The minimum absolute atomic E-state index is 0.147. The molecule has 13 heteroatoms. The molecule has 0 heterocycles. The van der Waals surface area contributed by atoms with Gasteiger partial charge >= 0.3 is 0 Å². The van der Waals surface area contributed by atoms with E-state index in [1.807, 2.05) is 0 Å². The smallest absolute Gasteiger partial charge is 0.296 e. The molecule has 0 fully saturated rings. The van der Waals surface area contributed by atoms with Gasteiger partial charge in [0.05, 0.1) is 22.0 Å². The average Bonchev–Trinajstić information content (AvgIpc) is 2.59. The van der Waals surface area contributed by atoms with E-state index in [1.165, 1.54) is 24.3 Å². The van der Waals surface area contributed by atoms with Crippen molar-refractivity contribution in [2.45, 2.75) is 9.79 Å². The van der Waals surface area contributed by atoms with Gasteiger partial charge in [-0.1, -0.05) is 0 Å². The van der Waals surface area contributed by atoms with Crippen LogP contribution < -0.4 is 16.2 Å². The van der Waals surface area contributed by atoms with E-state index in [-0.39, 0.29) is 16.3 Å². The number of alkyl halides is 1. The average molecular weight is 436 g/mol. The molecule has 0 spiro atoms. The highest BCUT2D eigenvalue weighted by atomic mass is 35.5. The molecular weight excluding hydrogens is 422 g/mol. The summed E-state index contributed by atoms with van der Waals surface area (Å²) >= 11 is 5.36. The summed E-state index contributed by atoms with van der Waals surface area (Å²) in [6.45, 7) is 0. The lowest BCUT2D eigenvalue weighted by atomic mass is 10.3. The van der Waals surface area contributed by atoms with Crippen LogP contribution in [0.3, 0.4) is 0 Å². The van der Waals surface area contributed by atoms with Crippen LogP contribution >= 0.6 is 11.6 Å². The van der Waals surface area contributed by atoms with E-state index in [9.17, 15) is 26.2 Å². The number of hydrogen-bond donors (Lipinski definition) is 5. The molecule has 27 heavy (non-hydrogen) atoms. The van der Waals surface area contributed by atoms with Crippen LogP contribution in [0, 0.1) is 0 Å². The molecule has 0 aliphatic rings. The van der Waals surface area contributed by atoms with Gasteiger partial charge in [0.25, 0.3) is 20.2 Å². The predicted molar refractivity (Wildman–Crippen MR) is 99.1 cm³/mol. The summed E-state index contributed by atoms with van der Waals surface area (Å²) in [7, 11) is -8.95. The number of benzene rings is 2. The summed E-state index contributed by atoms with van der Waals surface area (Å²) in [6, 6.07) is 8.76. The van der Waals surface area contributed by atoms with Crippen molar-refractivity contribution in [2.75, 3.05) is 22.0 Å². The van der Waals surface area contributed by atoms with Gasteiger partial charge in [0.15, 0.2) is 0 Å². The van der Waals surface area contributed by atoms with Crippen LogP contribution in [0.4, 0.5) is 17.1 Å². The topological polar surface area (TPSA) is 162 Å². The Kier molecular flexibility index (Phi) is 6.28. The highest BCUT2D eigenvalue weighted by Gasteiger charge is 2.18. The van der Waals surface area contributed by atoms with Gasteiger partial charge in [-0.3, -0.25) is 13.9 Å². The Hall–Kier alpha value is -2.38. The summed E-state index contributed by atoms with van der Waals surface area (Å²) in [4.78, 5) is 10.5. The van der Waals surface area contributed by atoms with E-state index in [1.54, 1.807) is 0 Å². The van der Waals surface area contributed by atoms with Gasteiger partial charge in [-0.05, 0) is 42.5 Å². The second-order valence-corrected chi connectivity index (χ2v) is 8.20. The first-order valence-corrected chi connectivity index (χ1v) is 10.5. The maximum absolute atomic E-state index is 11.5. The zero-order valence-corrected chi connectivity index (χ0v) is 15.8. The van der Waals surface area contributed by atoms with E-state index in [0.29, 0.717) is 5.69 Å². The van der Waals surface area contributed by atoms with Crippen molar-refractivity contribution in [3.05, 3.63) is 42.5 Å². The number of hydrazine groups is 1. The minimum Gasteiger partial charge on any atom is -0.324 e. The number of rotatable bonds is 7. The number of halogens is 1. The number of carbonyl (C=O) groups excluding carboxylic acids is 1. The third-order valence-electron chi connectivity index (χ3n) is 3.16. The summed E-state index contributed by atoms with van der Waals surface area (Å²) in [5.74, 6) is -1.05. The van der Waals surface area contributed by atoms with E-state index in [2.05, 4.69) is 16.2 Å². The Morgan fingerprint density at radius 2 is 1.44 bits per heavy atom. The van der Waals surface area contributed by atoms with Crippen molar-refractivity contribution in [3.8, 4) is 0 Å². The Balaban J connectivity index is 2.21. The van der Waals surface area contributed by atoms with Crippen LogP contribution in [0.15, 0.2) is 52.3 Å². The lowest BCUT2D eigenvalue weighted by Gasteiger charge is -2.13. The second-order valence-electron chi connectivity index (χ2n) is 5.12. The molecule has 1 amide bonds. The predicted octanol–water partition coefficient (Wildman–Crippen LogP) is 1.80. The van der Waals surface area contributed by atoms with Crippen molar-refractivity contribution in [2.24, 2.45) is 0 Å². The van der Waals surface area contributed by atoms with Gasteiger partial charge in [-0.2, -0.15) is 16.8 Å². The number of nitrogens with one attached hydrogen (secondary N) is 3. The molecular formula is C14H14ClN3O7S2. The van der Waals surface area contributed by atoms with Crippen molar-refractivity contribution in [1.82, 2.24) is 0 Å². The fraction of sp³-hybridized carbons (Fsp3) is 0.0714. The first-order valence-electron chi connectivity index (χ1n) is 7.07. The van der Waals surface area contributed by atoms with Crippen molar-refractivity contribution in [1.29, 1.82) is 0 Å². The highest BCUT2D eigenvalue weighted by Crippen LogP contribution is 2.25. The SMILES string of the molecule is O=C(CCl)Nc1ccc(NNc2ccc(S(=O)(=O)O)cc2)cc1S(=O)(=O)O. The first kappa shape index (κ1) is 20.9. The molecule has 2 aromatic rings. The summed E-state index contributed by atoms with van der Waals surface area (Å²) in [5.41, 5.74) is 5.79. The maximum Gasteiger partial charge on any atom is 0.296 e. The summed E-state index contributed by atoms with van der Waals surface area (Å²) < 4.78 is 63.3. The second kappa shape index (κ2) is 8.10. The Labute approximate surface area is 160 Å². The van der Waals surface area contributed by atoms with E-state index >= 15 is 0 Å². The molecule has 0 saturated carbocycles. The molecule has 0 aromatic heterocycles. The minimum atomic E-state index is -4.63. The van der Waals surface area contributed by atoms with Crippen LogP contribution in [0.2, 0.25) is 0 Å². The van der Waals surface area contributed by atoms with E-state index in [4.69, 9.17) is 16.2 Å². The van der Waals surface area contributed by atoms with Crippen LogP contribution in [-0.2, 0) is 25.0 Å². The molecule has 2 rings (SSSR count).